The molecule has 0 radical (unpaired) electrons. The summed E-state index contributed by atoms with van der Waals surface area (Å²) in [7, 11) is 1.67. The number of methoxy groups -OCH3 is 1. The average molecular weight is 441 g/mol. The fraction of sp³-hybridized carbons (Fsp3) is 0.0370. The highest BCUT2D eigenvalue weighted by Gasteiger charge is 2.33. The summed E-state index contributed by atoms with van der Waals surface area (Å²) in [4.78, 5) is 0. The van der Waals surface area contributed by atoms with Gasteiger partial charge in [-0.3, -0.25) is 0 Å². The van der Waals surface area contributed by atoms with Crippen LogP contribution in [0.5, 0.6) is 5.75 Å². The van der Waals surface area contributed by atoms with E-state index in [4.69, 9.17) is 21.0 Å². The molecule has 4 heteroatoms. The minimum atomic E-state index is -2.45. The monoisotopic (exact) mass is 440 g/mol. The summed E-state index contributed by atoms with van der Waals surface area (Å²) in [5.74, 6) is 0.764. The number of benzene rings is 4. The molecule has 5 rings (SSSR count). The highest BCUT2D eigenvalue weighted by molar-refractivity contribution is 8.25. The minimum absolute atomic E-state index is 0.764. The van der Waals surface area contributed by atoms with Gasteiger partial charge in [-0.05, 0) is 28.3 Å². The van der Waals surface area contributed by atoms with Crippen LogP contribution in [-0.2, 0) is 11.8 Å². The number of hydrogen-bond donors (Lipinski definition) is 0. The Kier molecular flexibility index (Phi) is 5.23. The van der Waals surface area contributed by atoms with Crippen molar-refractivity contribution in [2.24, 2.45) is 0 Å². The summed E-state index contributed by atoms with van der Waals surface area (Å²) < 4.78 is 12.1. The molecule has 5 aromatic rings. The quantitative estimate of drug-likeness (QED) is 0.320. The van der Waals surface area contributed by atoms with Gasteiger partial charge in [0.05, 0.1) is 13.1 Å². The van der Waals surface area contributed by atoms with Crippen molar-refractivity contribution in [1.82, 2.24) is 0 Å². The Labute approximate surface area is 187 Å². The molecule has 0 aliphatic rings. The van der Waals surface area contributed by atoms with Gasteiger partial charge in [-0.2, -0.15) is 0 Å². The van der Waals surface area contributed by atoms with Crippen molar-refractivity contribution in [3.8, 4) is 16.9 Å². The summed E-state index contributed by atoms with van der Waals surface area (Å²) in [6, 6.07) is 34.6. The van der Waals surface area contributed by atoms with E-state index in [-0.39, 0.29) is 0 Å². The van der Waals surface area contributed by atoms with E-state index in [1.165, 1.54) is 0 Å². The Hall–Kier alpha value is -3.13. The molecular weight excluding hydrogens is 419 g/mol. The van der Waals surface area contributed by atoms with Crippen molar-refractivity contribution in [3.05, 3.63) is 109 Å². The molecule has 1 heterocycles. The van der Waals surface area contributed by atoms with Crippen LogP contribution in [0.1, 0.15) is 0 Å². The molecule has 0 saturated carbocycles. The van der Waals surface area contributed by atoms with Gasteiger partial charge >= 0.3 is 0 Å². The van der Waals surface area contributed by atoms with Gasteiger partial charge in [-0.15, -0.1) is 0 Å². The van der Waals surface area contributed by atoms with Crippen LogP contribution in [-0.4, -0.2) is 7.11 Å². The predicted molar refractivity (Wildman–Crippen MR) is 134 cm³/mol. The average Bonchev–Trinajstić information content (AvgIpc) is 3.24. The van der Waals surface area contributed by atoms with Crippen molar-refractivity contribution in [2.45, 2.75) is 0 Å². The molecule has 2 nitrogen and oxygen atoms in total. The number of fused-ring (bicyclic) bond motifs is 1. The third-order valence-corrected chi connectivity index (χ3v) is 10.2. The van der Waals surface area contributed by atoms with Crippen LogP contribution in [0.2, 0.25) is 0 Å². The zero-order valence-corrected chi connectivity index (χ0v) is 18.8. The second kappa shape index (κ2) is 8.19. The van der Waals surface area contributed by atoms with Gasteiger partial charge in [0.1, 0.15) is 11.3 Å². The van der Waals surface area contributed by atoms with Crippen LogP contribution in [0.25, 0.3) is 22.1 Å². The summed E-state index contributed by atoms with van der Waals surface area (Å²) in [5, 5.41) is 3.27. The Bertz CT molecular complexity index is 1330. The van der Waals surface area contributed by atoms with Gasteiger partial charge in [0, 0.05) is 17.0 Å². The van der Waals surface area contributed by atoms with Gasteiger partial charge in [-0.1, -0.05) is 103 Å². The standard InChI is InChI=1S/C27H21O2PS/c1-28-21-17-18-24-25(19-21)29-27(26(24)20-11-5-2-6-12-20)30(31,22-13-7-3-8-14-22)23-15-9-4-10-16-23/h2-19H,1H3. The Morgan fingerprint density at radius 2 is 1.26 bits per heavy atom. The summed E-state index contributed by atoms with van der Waals surface area (Å²) in [6.45, 7) is 0. The Morgan fingerprint density at radius 1 is 0.710 bits per heavy atom. The van der Waals surface area contributed by atoms with E-state index in [0.29, 0.717) is 0 Å². The van der Waals surface area contributed by atoms with Gasteiger partial charge in [0.25, 0.3) is 0 Å². The molecule has 4 aromatic carbocycles. The van der Waals surface area contributed by atoms with Crippen LogP contribution in [0.15, 0.2) is 114 Å². The van der Waals surface area contributed by atoms with E-state index in [0.717, 1.165) is 44.0 Å². The van der Waals surface area contributed by atoms with Crippen molar-refractivity contribution in [2.75, 3.05) is 7.11 Å². The highest BCUT2D eigenvalue weighted by Crippen LogP contribution is 2.48. The number of rotatable bonds is 5. The third kappa shape index (κ3) is 3.40. The molecule has 0 fully saturated rings. The van der Waals surface area contributed by atoms with Crippen molar-refractivity contribution < 1.29 is 9.15 Å². The number of hydrogen-bond acceptors (Lipinski definition) is 3. The fourth-order valence-electron chi connectivity index (χ4n) is 3.96. The molecule has 0 saturated heterocycles. The molecule has 0 aliphatic heterocycles. The van der Waals surface area contributed by atoms with E-state index >= 15 is 0 Å². The molecule has 152 valence electrons. The van der Waals surface area contributed by atoms with Crippen LogP contribution < -0.4 is 20.8 Å². The second-order valence-electron chi connectivity index (χ2n) is 7.29. The minimum Gasteiger partial charge on any atom is -0.497 e. The first-order valence-electron chi connectivity index (χ1n) is 10.1. The van der Waals surface area contributed by atoms with Gasteiger partial charge < -0.3 is 9.15 Å². The van der Waals surface area contributed by atoms with Crippen LogP contribution in [0, 0.1) is 0 Å². The molecule has 31 heavy (non-hydrogen) atoms. The van der Waals surface area contributed by atoms with Crippen LogP contribution in [0.4, 0.5) is 0 Å². The lowest BCUT2D eigenvalue weighted by Crippen LogP contribution is -2.25. The van der Waals surface area contributed by atoms with Gasteiger partial charge in [0.2, 0.25) is 0 Å². The summed E-state index contributed by atoms with van der Waals surface area (Å²) in [6.07, 6.45) is 0. The predicted octanol–water partition coefficient (Wildman–Crippen LogP) is 5.86. The normalized spacial score (nSPS) is 11.5. The lowest BCUT2D eigenvalue weighted by atomic mass is 10.0. The molecular formula is C27H21O2PS. The van der Waals surface area contributed by atoms with E-state index < -0.39 is 6.04 Å². The zero-order chi connectivity index (χ0) is 21.3. The summed E-state index contributed by atoms with van der Waals surface area (Å²) in [5.41, 5.74) is 3.81. The molecule has 0 aliphatic carbocycles. The SMILES string of the molecule is COc1ccc2c(-c3ccccc3)c(P(=S)(c3ccccc3)c3ccccc3)oc2c1. The maximum Gasteiger partial charge on any atom is 0.153 e. The second-order valence-corrected chi connectivity index (χ2v) is 11.6. The summed E-state index contributed by atoms with van der Waals surface area (Å²) >= 11 is 6.58. The van der Waals surface area contributed by atoms with Crippen molar-refractivity contribution >= 4 is 44.9 Å². The lowest BCUT2D eigenvalue weighted by Gasteiger charge is -2.22. The first kappa shape index (κ1) is 19.8. The van der Waals surface area contributed by atoms with E-state index in [2.05, 4.69) is 54.6 Å². The molecule has 0 N–H and O–H groups in total. The van der Waals surface area contributed by atoms with Gasteiger partial charge in [0.15, 0.2) is 5.50 Å². The molecule has 0 atom stereocenters. The first-order chi connectivity index (χ1) is 15.2. The topological polar surface area (TPSA) is 22.4 Å². The van der Waals surface area contributed by atoms with Crippen molar-refractivity contribution in [1.29, 1.82) is 0 Å². The largest absolute Gasteiger partial charge is 0.497 e. The highest BCUT2D eigenvalue weighted by atomic mass is 32.4. The first-order valence-corrected chi connectivity index (χ1v) is 12.9. The molecule has 0 spiro atoms. The smallest absolute Gasteiger partial charge is 0.153 e. The molecule has 0 unspecified atom stereocenters. The van der Waals surface area contributed by atoms with E-state index in [1.807, 2.05) is 54.6 Å². The van der Waals surface area contributed by atoms with Gasteiger partial charge in [-0.25, -0.2) is 0 Å². The zero-order valence-electron chi connectivity index (χ0n) is 17.1. The van der Waals surface area contributed by atoms with Crippen LogP contribution >= 0.6 is 6.04 Å². The lowest BCUT2D eigenvalue weighted by molar-refractivity contribution is 0.414. The maximum absolute atomic E-state index is 6.64. The fourth-order valence-corrected chi connectivity index (χ4v) is 7.81. The molecule has 0 amide bonds. The van der Waals surface area contributed by atoms with E-state index in [1.54, 1.807) is 7.11 Å². The van der Waals surface area contributed by atoms with Crippen molar-refractivity contribution in [3.63, 3.8) is 0 Å². The Morgan fingerprint density at radius 3 is 1.81 bits per heavy atom. The van der Waals surface area contributed by atoms with Crippen LogP contribution in [0.3, 0.4) is 0 Å². The molecule has 1 aromatic heterocycles. The third-order valence-electron chi connectivity index (χ3n) is 5.47. The Balaban J connectivity index is 1.90. The maximum atomic E-state index is 6.64. The molecule has 0 bridgehead atoms. The number of ether oxygens (including phenoxy) is 1. The van der Waals surface area contributed by atoms with E-state index in [9.17, 15) is 0 Å². The number of furan rings is 1.